The minimum Gasteiger partial charge on any atom is -0.480 e. The van der Waals surface area contributed by atoms with E-state index in [1.807, 2.05) is 33.8 Å². The maximum atomic E-state index is 14.4. The number of aliphatic carboxylic acids is 2. The van der Waals surface area contributed by atoms with Gasteiger partial charge in [-0.25, -0.2) is 8.78 Å². The van der Waals surface area contributed by atoms with Gasteiger partial charge in [0.1, 0.15) is 18.4 Å². The molecule has 23 nitrogen and oxygen atoms in total. The highest BCUT2D eigenvalue weighted by Crippen LogP contribution is 2.31. The number of nitriles is 1. The van der Waals surface area contributed by atoms with Crippen LogP contribution in [0.1, 0.15) is 79.2 Å². The maximum absolute atomic E-state index is 14.4. The first-order valence-corrected chi connectivity index (χ1v) is 28.8. The van der Waals surface area contributed by atoms with Crippen LogP contribution in [0.3, 0.4) is 0 Å². The molecule has 83 heavy (non-hydrogen) atoms. The topological polar surface area (TPSA) is 280 Å². The SMILES string of the molecule is Cc1ccc(CCCC(=O)NCCCCC(NC(=O)CN2CCN(CC(=O)O)CCN(CC=O)CCN(CC(=O)O)CC2)C(=O)N2CCN(Cc3cccc4c3CN(C(=O)CC3CCNC3=O)C4)CC2)cc1.N#CC1CC(F)(F)CN1C=O. The van der Waals surface area contributed by atoms with Gasteiger partial charge in [0.15, 0.2) is 0 Å². The summed E-state index contributed by atoms with van der Waals surface area (Å²) in [6.07, 6.45) is 4.86. The van der Waals surface area contributed by atoms with E-state index in [1.165, 1.54) is 11.1 Å². The Morgan fingerprint density at radius 2 is 1.41 bits per heavy atom. The monoisotopic (exact) mass is 1160 g/mol. The van der Waals surface area contributed by atoms with E-state index in [4.69, 9.17) is 5.26 Å². The number of rotatable bonds is 24. The third-order valence-electron chi connectivity index (χ3n) is 15.9. The predicted octanol–water partition coefficient (Wildman–Crippen LogP) is 0.767. The lowest BCUT2D eigenvalue weighted by atomic mass is 10.0. The van der Waals surface area contributed by atoms with Gasteiger partial charge in [-0.15, -0.1) is 0 Å². The summed E-state index contributed by atoms with van der Waals surface area (Å²) in [5.41, 5.74) is 5.74. The minimum absolute atomic E-state index is 0.0186. The Labute approximate surface area is 484 Å². The predicted molar refractivity (Wildman–Crippen MR) is 300 cm³/mol. The van der Waals surface area contributed by atoms with Crippen LogP contribution in [0.25, 0.3) is 0 Å². The number of nitrogens with zero attached hydrogens (tertiary/aromatic N) is 9. The fourth-order valence-corrected chi connectivity index (χ4v) is 11.1. The molecule has 0 radical (unpaired) electrons. The van der Waals surface area contributed by atoms with Gasteiger partial charge in [0.2, 0.25) is 35.9 Å². The van der Waals surface area contributed by atoms with Crippen molar-refractivity contribution in [2.45, 2.75) is 102 Å². The van der Waals surface area contributed by atoms with E-state index >= 15 is 0 Å². The Morgan fingerprint density at radius 1 is 0.783 bits per heavy atom. The van der Waals surface area contributed by atoms with E-state index < -0.39 is 42.9 Å². The number of carboxylic acid groups (broad SMARTS) is 2. The molecule has 0 spiro atoms. The number of piperazine rings is 1. The van der Waals surface area contributed by atoms with Crippen molar-refractivity contribution in [3.05, 3.63) is 70.3 Å². The number of fused-ring (bicyclic) bond motifs is 1. The summed E-state index contributed by atoms with van der Waals surface area (Å²) in [6, 6.07) is 14.3. The average molecular weight is 1160 g/mol. The van der Waals surface area contributed by atoms with Gasteiger partial charge in [-0.2, -0.15) is 5.26 Å². The molecule has 3 unspecified atom stereocenters. The molecule has 3 atom stereocenters. The van der Waals surface area contributed by atoms with E-state index in [2.05, 4.69) is 51.2 Å². The van der Waals surface area contributed by atoms with Crippen molar-refractivity contribution in [3.63, 3.8) is 0 Å². The van der Waals surface area contributed by atoms with Gasteiger partial charge >= 0.3 is 11.9 Å². The van der Waals surface area contributed by atoms with E-state index in [1.54, 1.807) is 20.8 Å². The Balaban J connectivity index is 0.000000899. The number of carboxylic acids is 2. The Morgan fingerprint density at radius 3 is 1.99 bits per heavy atom. The number of unbranched alkanes of at least 4 members (excludes halogenated alkanes) is 1. The molecule has 5 N–H and O–H groups in total. The molecule has 0 aliphatic carbocycles. The largest absolute Gasteiger partial charge is 0.480 e. The second kappa shape index (κ2) is 32.8. The van der Waals surface area contributed by atoms with E-state index in [-0.39, 0.29) is 74.5 Å². The molecule has 0 bridgehead atoms. The molecule has 7 rings (SSSR count). The summed E-state index contributed by atoms with van der Waals surface area (Å²) in [6.45, 7) is 8.52. The smallest absolute Gasteiger partial charge is 0.317 e. The number of carbonyl (C=O) groups excluding carboxylic acids is 7. The van der Waals surface area contributed by atoms with E-state index in [0.29, 0.717) is 143 Å². The zero-order valence-corrected chi connectivity index (χ0v) is 47.7. The molecule has 0 aromatic heterocycles. The molecule has 4 fully saturated rings. The van der Waals surface area contributed by atoms with Gasteiger partial charge in [-0.05, 0) is 67.7 Å². The van der Waals surface area contributed by atoms with E-state index in [9.17, 15) is 62.1 Å². The van der Waals surface area contributed by atoms with Gasteiger partial charge in [0, 0.05) is 136 Å². The summed E-state index contributed by atoms with van der Waals surface area (Å²) >= 11 is 0. The molecular formula is C58H82F2N12O11. The van der Waals surface area contributed by atoms with Crippen molar-refractivity contribution in [1.29, 1.82) is 5.26 Å². The van der Waals surface area contributed by atoms with Crippen LogP contribution in [-0.2, 0) is 69.2 Å². The van der Waals surface area contributed by atoms with Crippen molar-refractivity contribution in [3.8, 4) is 6.07 Å². The van der Waals surface area contributed by atoms with Crippen LogP contribution >= 0.6 is 0 Å². The normalized spacial score (nSPS) is 20.6. The number of hydrogen-bond donors (Lipinski definition) is 5. The van der Waals surface area contributed by atoms with Crippen LogP contribution in [0.15, 0.2) is 42.5 Å². The van der Waals surface area contributed by atoms with Crippen LogP contribution in [0, 0.1) is 24.2 Å². The maximum Gasteiger partial charge on any atom is 0.317 e. The number of carbonyl (C=O) groups is 9. The van der Waals surface area contributed by atoms with Crippen LogP contribution in [0.4, 0.5) is 8.78 Å². The molecule has 6 amide bonds. The summed E-state index contributed by atoms with van der Waals surface area (Å²) in [4.78, 5) is 126. The third-order valence-corrected chi connectivity index (χ3v) is 15.9. The lowest BCUT2D eigenvalue weighted by molar-refractivity contribution is -0.139. The number of aldehydes is 1. The lowest BCUT2D eigenvalue weighted by Gasteiger charge is -2.37. The van der Waals surface area contributed by atoms with Crippen LogP contribution in [0.5, 0.6) is 0 Å². The van der Waals surface area contributed by atoms with Gasteiger partial charge < -0.3 is 45.7 Å². The molecule has 0 saturated carbocycles. The molecule has 2 aromatic carbocycles. The first-order valence-electron chi connectivity index (χ1n) is 28.8. The molecule has 5 heterocycles. The fraction of sp³-hybridized carbons (Fsp3) is 0.621. The number of halogens is 2. The summed E-state index contributed by atoms with van der Waals surface area (Å²) in [7, 11) is 0. The molecule has 4 saturated heterocycles. The van der Waals surface area contributed by atoms with Gasteiger partial charge in [-0.3, -0.25) is 62.9 Å². The number of nitrogens with one attached hydrogen (secondary N) is 3. The Kier molecular flexibility index (Phi) is 25.7. The molecule has 25 heteroatoms. The van der Waals surface area contributed by atoms with Gasteiger partial charge in [0.05, 0.1) is 38.8 Å². The van der Waals surface area contributed by atoms with Crippen molar-refractivity contribution in [2.24, 2.45) is 5.92 Å². The number of benzene rings is 2. The van der Waals surface area contributed by atoms with Crippen LogP contribution in [-0.4, -0.2) is 246 Å². The molecular weight excluding hydrogens is 1080 g/mol. The second-order valence-corrected chi connectivity index (χ2v) is 22.3. The number of likely N-dealkylation sites (tertiary alicyclic amines) is 1. The average Bonchev–Trinajstić information content (AvgIpc) is 4.27. The zero-order chi connectivity index (χ0) is 59.9. The van der Waals surface area contributed by atoms with Crippen molar-refractivity contribution in [1.82, 2.24) is 55.1 Å². The number of hydrogen-bond acceptors (Lipinski definition) is 15. The van der Waals surface area contributed by atoms with Crippen molar-refractivity contribution >= 4 is 54.2 Å². The number of aryl methyl sites for hydroxylation is 2. The van der Waals surface area contributed by atoms with E-state index in [0.717, 1.165) is 40.7 Å². The summed E-state index contributed by atoms with van der Waals surface area (Å²) < 4.78 is 24.9. The first-order chi connectivity index (χ1) is 39.8. The zero-order valence-electron chi connectivity index (χ0n) is 47.7. The fourth-order valence-electron chi connectivity index (χ4n) is 11.1. The second-order valence-electron chi connectivity index (χ2n) is 22.3. The molecule has 5 aliphatic heterocycles. The van der Waals surface area contributed by atoms with Crippen LogP contribution in [0.2, 0.25) is 0 Å². The summed E-state index contributed by atoms with van der Waals surface area (Å²) in [5.74, 6) is -5.86. The lowest BCUT2D eigenvalue weighted by Crippen LogP contribution is -2.56. The number of alkyl halides is 2. The van der Waals surface area contributed by atoms with Crippen LogP contribution < -0.4 is 16.0 Å². The Bertz CT molecular complexity index is 2550. The molecule has 5 aliphatic rings. The highest BCUT2D eigenvalue weighted by Gasteiger charge is 2.44. The first kappa shape index (κ1) is 65.2. The quantitative estimate of drug-likeness (QED) is 0.0717. The third kappa shape index (κ3) is 21.6. The standard InChI is InChI=1S/C52H76N10O10.C6H6F2N2O/c1-39-11-13-40(14-12-39)6-4-10-46(64)53-16-3-2-9-45(55-47(65)36-58-22-24-59(37-49(67)68)20-18-56(30-31-63)19-21-60(25-23-58)38-50(69)70)52(72)61-28-26-57(27-29-61)33-42-7-5-8-43-34-62(35-44(42)43)48(66)32-41-15-17-54-51(41)71;7-6(8)1-5(2-9)10(3-6)4-11/h5,7-8,11-14,31,41,45H,2-4,6,9-10,15-30,32-38H2,1H3,(H,53,64)(H,54,71)(H,55,65)(H,67,68)(H,69,70);4-5H,1,3H2. The minimum atomic E-state index is -2.89. The molecule has 2 aromatic rings. The summed E-state index contributed by atoms with van der Waals surface area (Å²) in [5, 5.41) is 36.5. The highest BCUT2D eigenvalue weighted by molar-refractivity contribution is 5.89. The van der Waals surface area contributed by atoms with Gasteiger partial charge in [0.25, 0.3) is 5.92 Å². The Hall–Kier alpha value is -6.98. The highest BCUT2D eigenvalue weighted by atomic mass is 19.3. The van der Waals surface area contributed by atoms with Crippen molar-refractivity contribution in [2.75, 3.05) is 124 Å². The number of amides is 6. The van der Waals surface area contributed by atoms with Gasteiger partial charge in [-0.1, -0.05) is 48.0 Å². The van der Waals surface area contributed by atoms with Crippen molar-refractivity contribution < 1.29 is 62.1 Å². The molecule has 454 valence electrons.